The molecule has 4 rings (SSSR count). The number of hydrogen-bond acceptors (Lipinski definition) is 4. The molecule has 0 aromatic heterocycles. The lowest BCUT2D eigenvalue weighted by Crippen LogP contribution is -2.25. The fourth-order valence-electron chi connectivity index (χ4n) is 3.13. The largest absolute Gasteiger partial charge is 0.495 e. The zero-order chi connectivity index (χ0) is 20.4. The lowest BCUT2D eigenvalue weighted by molar-refractivity contribution is 0.0993. The maximum Gasteiger partial charge on any atom is 0.323 e. The smallest absolute Gasteiger partial charge is 0.323 e. The van der Waals surface area contributed by atoms with Gasteiger partial charge in [-0.3, -0.25) is 4.79 Å². The highest BCUT2D eigenvalue weighted by molar-refractivity contribution is 6.10. The predicted molar refractivity (Wildman–Crippen MR) is 111 cm³/mol. The lowest BCUT2D eigenvalue weighted by atomic mass is 10.1. The molecule has 0 saturated carbocycles. The van der Waals surface area contributed by atoms with Gasteiger partial charge < -0.3 is 25.0 Å². The fraction of sp³-hybridized carbons (Fsp3) is 0.0909. The summed E-state index contributed by atoms with van der Waals surface area (Å²) in [5.74, 6) is 1.35. The van der Waals surface area contributed by atoms with Gasteiger partial charge in [0.2, 0.25) is 0 Å². The average molecular weight is 389 g/mol. The summed E-state index contributed by atoms with van der Waals surface area (Å²) in [6, 6.07) is 18.9. The summed E-state index contributed by atoms with van der Waals surface area (Å²) in [5, 5.41) is 5.47. The van der Waals surface area contributed by atoms with Crippen LogP contribution in [-0.2, 0) is 0 Å². The minimum absolute atomic E-state index is 0.223. The van der Waals surface area contributed by atoms with Crippen LogP contribution in [0.3, 0.4) is 0 Å². The first-order valence-corrected chi connectivity index (χ1v) is 8.97. The minimum atomic E-state index is -0.451. The Balaban J connectivity index is 1.57. The van der Waals surface area contributed by atoms with Crippen LogP contribution in [0, 0.1) is 0 Å². The molecule has 0 spiro atoms. The summed E-state index contributed by atoms with van der Waals surface area (Å²) >= 11 is 0. The first-order valence-electron chi connectivity index (χ1n) is 8.97. The van der Waals surface area contributed by atoms with Crippen LogP contribution in [0.5, 0.6) is 17.2 Å². The number of hydrogen-bond donors (Lipinski definition) is 2. The number of rotatable bonds is 3. The molecule has 7 heteroatoms. The summed E-state index contributed by atoms with van der Waals surface area (Å²) in [4.78, 5) is 26.8. The molecule has 3 amide bonds. The van der Waals surface area contributed by atoms with Crippen molar-refractivity contribution < 1.29 is 19.1 Å². The molecule has 0 fully saturated rings. The zero-order valence-corrected chi connectivity index (χ0v) is 15.9. The number of carbonyl (C=O) groups is 2. The van der Waals surface area contributed by atoms with Crippen molar-refractivity contribution in [3.8, 4) is 17.2 Å². The quantitative estimate of drug-likeness (QED) is 0.679. The van der Waals surface area contributed by atoms with Gasteiger partial charge in [0.1, 0.15) is 11.5 Å². The molecule has 0 aliphatic carbocycles. The summed E-state index contributed by atoms with van der Waals surface area (Å²) in [6.07, 6.45) is 0. The van der Waals surface area contributed by atoms with E-state index in [9.17, 15) is 9.59 Å². The molecule has 0 radical (unpaired) electrons. The Kier molecular flexibility index (Phi) is 4.78. The van der Waals surface area contributed by atoms with Gasteiger partial charge in [-0.15, -0.1) is 0 Å². The van der Waals surface area contributed by atoms with E-state index < -0.39 is 6.03 Å². The molecule has 0 unspecified atom stereocenters. The molecule has 1 heterocycles. The summed E-state index contributed by atoms with van der Waals surface area (Å²) in [6.45, 7) is 0. The Bertz CT molecular complexity index is 1100. The van der Waals surface area contributed by atoms with Gasteiger partial charge in [-0.1, -0.05) is 24.3 Å². The van der Waals surface area contributed by atoms with Crippen LogP contribution in [-0.4, -0.2) is 26.1 Å². The number of nitrogens with one attached hydrogen (secondary N) is 2. The molecule has 29 heavy (non-hydrogen) atoms. The van der Waals surface area contributed by atoms with Crippen LogP contribution < -0.4 is 25.0 Å². The molecule has 0 atom stereocenters. The summed E-state index contributed by atoms with van der Waals surface area (Å²) in [7, 11) is 3.22. The average Bonchev–Trinajstić information content (AvgIpc) is 2.84. The number of urea groups is 1. The normalized spacial score (nSPS) is 12.2. The number of para-hydroxylation sites is 4. The number of ether oxygens (including phenoxy) is 2. The number of amides is 3. The van der Waals surface area contributed by atoms with E-state index in [4.69, 9.17) is 9.47 Å². The lowest BCUT2D eigenvalue weighted by Gasteiger charge is -2.16. The number of nitrogens with zero attached hydrogens (tertiary/aromatic N) is 1. The Morgan fingerprint density at radius 3 is 2.55 bits per heavy atom. The van der Waals surface area contributed by atoms with Gasteiger partial charge in [0.25, 0.3) is 5.91 Å². The second-order valence-corrected chi connectivity index (χ2v) is 6.42. The van der Waals surface area contributed by atoms with Crippen LogP contribution in [0.25, 0.3) is 0 Å². The number of benzene rings is 3. The highest BCUT2D eigenvalue weighted by Crippen LogP contribution is 2.38. The molecular formula is C22H19N3O4. The Labute approximate surface area is 167 Å². The maximum atomic E-state index is 12.9. The number of carbonyl (C=O) groups excluding carboxylic acids is 2. The van der Waals surface area contributed by atoms with Gasteiger partial charge in [0.15, 0.2) is 5.75 Å². The van der Waals surface area contributed by atoms with E-state index in [1.54, 1.807) is 49.5 Å². The first-order chi connectivity index (χ1) is 14.1. The van der Waals surface area contributed by atoms with Crippen LogP contribution in [0.2, 0.25) is 0 Å². The van der Waals surface area contributed by atoms with Crippen molar-refractivity contribution in [2.75, 3.05) is 29.7 Å². The van der Waals surface area contributed by atoms with Crippen molar-refractivity contribution >= 4 is 29.0 Å². The van der Waals surface area contributed by atoms with Gasteiger partial charge in [0, 0.05) is 12.7 Å². The Hall–Kier alpha value is -4.00. The van der Waals surface area contributed by atoms with Crippen molar-refractivity contribution in [3.05, 3.63) is 72.3 Å². The monoisotopic (exact) mass is 389 g/mol. The van der Waals surface area contributed by atoms with E-state index in [2.05, 4.69) is 10.6 Å². The summed E-state index contributed by atoms with van der Waals surface area (Å²) < 4.78 is 11.2. The second kappa shape index (κ2) is 7.55. The van der Waals surface area contributed by atoms with Gasteiger partial charge in [-0.25, -0.2) is 4.79 Å². The van der Waals surface area contributed by atoms with Crippen LogP contribution in [0.1, 0.15) is 10.4 Å². The van der Waals surface area contributed by atoms with E-state index >= 15 is 0 Å². The van der Waals surface area contributed by atoms with Crippen molar-refractivity contribution in [2.24, 2.45) is 0 Å². The minimum Gasteiger partial charge on any atom is -0.495 e. The number of fused-ring (bicyclic) bond motifs is 2. The van der Waals surface area contributed by atoms with Crippen molar-refractivity contribution in [1.82, 2.24) is 0 Å². The molecule has 0 saturated heterocycles. The fourth-order valence-corrected chi connectivity index (χ4v) is 3.13. The first kappa shape index (κ1) is 18.4. The molecular weight excluding hydrogens is 370 g/mol. The molecule has 1 aliphatic rings. The van der Waals surface area contributed by atoms with Gasteiger partial charge >= 0.3 is 6.03 Å². The standard InChI is InChI=1S/C22H19N3O4/c1-25-17-8-4-6-10-20(17)29-18-12-11-14(13-15(18)21(25)26)23-22(27)24-16-7-3-5-9-19(16)28-2/h3-13H,1-2H3,(H2,23,24,27). The molecule has 0 bridgehead atoms. The third kappa shape index (κ3) is 3.58. The predicted octanol–water partition coefficient (Wildman–Crippen LogP) is 4.72. The second-order valence-electron chi connectivity index (χ2n) is 6.42. The third-order valence-electron chi connectivity index (χ3n) is 4.57. The maximum absolute atomic E-state index is 12.9. The third-order valence-corrected chi connectivity index (χ3v) is 4.57. The molecule has 3 aromatic rings. The van der Waals surface area contributed by atoms with Crippen molar-refractivity contribution in [3.63, 3.8) is 0 Å². The molecule has 1 aliphatic heterocycles. The van der Waals surface area contributed by atoms with Crippen LogP contribution >= 0.6 is 0 Å². The van der Waals surface area contributed by atoms with Crippen LogP contribution in [0.15, 0.2) is 66.7 Å². The van der Waals surface area contributed by atoms with Gasteiger partial charge in [-0.2, -0.15) is 0 Å². The van der Waals surface area contributed by atoms with E-state index in [0.717, 1.165) is 0 Å². The molecule has 2 N–H and O–H groups in total. The van der Waals surface area contributed by atoms with Crippen LogP contribution in [0.4, 0.5) is 21.9 Å². The number of methoxy groups -OCH3 is 1. The Morgan fingerprint density at radius 2 is 1.72 bits per heavy atom. The van der Waals surface area contributed by atoms with E-state index in [1.807, 2.05) is 24.3 Å². The molecule has 3 aromatic carbocycles. The highest BCUT2D eigenvalue weighted by Gasteiger charge is 2.25. The molecule has 7 nitrogen and oxygen atoms in total. The topological polar surface area (TPSA) is 79.9 Å². The summed E-state index contributed by atoms with van der Waals surface area (Å²) in [5.41, 5.74) is 2.04. The van der Waals surface area contributed by atoms with E-state index in [-0.39, 0.29) is 5.91 Å². The highest BCUT2D eigenvalue weighted by atomic mass is 16.5. The van der Waals surface area contributed by atoms with E-state index in [1.165, 1.54) is 12.0 Å². The van der Waals surface area contributed by atoms with Crippen molar-refractivity contribution in [2.45, 2.75) is 0 Å². The van der Waals surface area contributed by atoms with Crippen molar-refractivity contribution in [1.29, 1.82) is 0 Å². The molecule has 146 valence electrons. The Morgan fingerprint density at radius 1 is 0.966 bits per heavy atom. The zero-order valence-electron chi connectivity index (χ0n) is 15.9. The van der Waals surface area contributed by atoms with E-state index in [0.29, 0.717) is 39.9 Å². The van der Waals surface area contributed by atoms with Gasteiger partial charge in [0.05, 0.1) is 24.0 Å². The number of anilines is 3. The SMILES string of the molecule is COc1ccccc1NC(=O)Nc1ccc2c(c1)C(=O)N(C)c1ccccc1O2. The van der Waals surface area contributed by atoms with Gasteiger partial charge in [-0.05, 0) is 42.5 Å².